The molecule has 2 atom stereocenters. The normalized spacial score (nSPS) is 13.2. The number of aliphatic hydroxyl groups excluding tert-OH is 1. The van der Waals surface area contributed by atoms with E-state index in [1.165, 1.54) is 193 Å². The van der Waals surface area contributed by atoms with Gasteiger partial charge >= 0.3 is 13.8 Å². The minimum absolute atomic E-state index is 0.0832. The molecule has 0 aliphatic rings. The second-order valence-corrected chi connectivity index (χ2v) is 18.6. The fraction of sp³-hybridized carbons (Fsp3) is 0.918. The van der Waals surface area contributed by atoms with E-state index in [2.05, 4.69) is 31.3 Å². The van der Waals surface area contributed by atoms with E-state index in [0.717, 1.165) is 38.5 Å². The van der Waals surface area contributed by atoms with Crippen molar-refractivity contribution < 1.29 is 37.9 Å². The highest BCUT2D eigenvalue weighted by Crippen LogP contribution is 2.42. The molecule has 9 nitrogen and oxygen atoms in total. The summed E-state index contributed by atoms with van der Waals surface area (Å²) in [5.74, 6) is -0.508. The molecule has 0 aromatic carbocycles. The quantitative estimate of drug-likeness (QED) is 0.0239. The van der Waals surface area contributed by atoms with Crippen LogP contribution in [0.5, 0.6) is 0 Å². The van der Waals surface area contributed by atoms with Gasteiger partial charge in [-0.1, -0.05) is 219 Å². The number of esters is 1. The summed E-state index contributed by atoms with van der Waals surface area (Å²) >= 11 is 0. The Labute approximate surface area is 364 Å². The van der Waals surface area contributed by atoms with E-state index in [4.69, 9.17) is 13.8 Å². The van der Waals surface area contributed by atoms with Crippen LogP contribution >= 0.6 is 7.82 Å². The fourth-order valence-electron chi connectivity index (χ4n) is 7.38. The first-order valence-corrected chi connectivity index (χ1v) is 26.7. The standard InChI is InChI=1S/C49H96NO8P/c1-3-5-7-9-11-13-15-17-19-21-22-23-24-26-28-30-32-34-36-38-40-42-49(53)56-45-47(51)46-58-59(54,55)57-44-43-50-48(52)41-39-37-35-33-31-29-27-25-20-18-16-14-12-10-8-6-4-2/h18,20,47,51H,3-17,19,21-46H2,1-2H3,(H,50,52)(H,54,55)/b20-18-. The molecule has 0 aliphatic carbocycles. The number of ether oxygens (including phenoxy) is 1. The zero-order valence-corrected chi connectivity index (χ0v) is 39.6. The lowest BCUT2D eigenvalue weighted by molar-refractivity contribution is -0.147. The molecule has 0 rings (SSSR count). The summed E-state index contributed by atoms with van der Waals surface area (Å²) in [7, 11) is -4.42. The van der Waals surface area contributed by atoms with Crippen LogP contribution in [0.15, 0.2) is 12.2 Å². The average molecular weight is 858 g/mol. The van der Waals surface area contributed by atoms with Gasteiger partial charge in [0, 0.05) is 19.4 Å². The van der Waals surface area contributed by atoms with Gasteiger partial charge in [0.05, 0.1) is 13.2 Å². The van der Waals surface area contributed by atoms with Crippen molar-refractivity contribution in [1.29, 1.82) is 0 Å². The maximum Gasteiger partial charge on any atom is 0.472 e. The molecule has 0 heterocycles. The monoisotopic (exact) mass is 858 g/mol. The van der Waals surface area contributed by atoms with Crippen LogP contribution in [0.4, 0.5) is 0 Å². The Morgan fingerprint density at radius 2 is 0.864 bits per heavy atom. The maximum absolute atomic E-state index is 12.1. The van der Waals surface area contributed by atoms with Crippen LogP contribution in [0.3, 0.4) is 0 Å². The first kappa shape index (κ1) is 57.8. The van der Waals surface area contributed by atoms with Gasteiger partial charge in [0.15, 0.2) is 0 Å². The summed E-state index contributed by atoms with van der Waals surface area (Å²) in [6.07, 6.45) is 50.1. The Hall–Kier alpha value is -1.25. The molecule has 0 fully saturated rings. The number of amides is 1. The molecule has 0 radical (unpaired) electrons. The van der Waals surface area contributed by atoms with Crippen molar-refractivity contribution in [3.8, 4) is 0 Å². The number of carbonyl (C=O) groups is 2. The lowest BCUT2D eigenvalue weighted by Gasteiger charge is -2.15. The van der Waals surface area contributed by atoms with E-state index in [9.17, 15) is 24.2 Å². The number of aliphatic hydroxyl groups is 1. The highest BCUT2D eigenvalue weighted by molar-refractivity contribution is 7.47. The molecule has 2 unspecified atom stereocenters. The predicted molar refractivity (Wildman–Crippen MR) is 248 cm³/mol. The van der Waals surface area contributed by atoms with Gasteiger partial charge in [-0.25, -0.2) is 4.57 Å². The number of nitrogens with one attached hydrogen (secondary N) is 1. The van der Waals surface area contributed by atoms with E-state index in [1.807, 2.05) is 0 Å². The van der Waals surface area contributed by atoms with E-state index >= 15 is 0 Å². The second-order valence-electron chi connectivity index (χ2n) is 17.1. The van der Waals surface area contributed by atoms with E-state index < -0.39 is 26.5 Å². The number of phosphoric ester groups is 1. The van der Waals surface area contributed by atoms with Crippen LogP contribution in [0, 0.1) is 0 Å². The van der Waals surface area contributed by atoms with Crippen molar-refractivity contribution in [2.45, 2.75) is 264 Å². The van der Waals surface area contributed by atoms with Gasteiger partial charge in [-0.2, -0.15) is 0 Å². The van der Waals surface area contributed by atoms with Crippen LogP contribution in [-0.2, 0) is 27.9 Å². The fourth-order valence-corrected chi connectivity index (χ4v) is 8.13. The van der Waals surface area contributed by atoms with Crippen LogP contribution in [0.2, 0.25) is 0 Å². The molecule has 0 saturated heterocycles. The molecule has 350 valence electrons. The van der Waals surface area contributed by atoms with Gasteiger partial charge < -0.3 is 20.1 Å². The van der Waals surface area contributed by atoms with Crippen molar-refractivity contribution in [3.05, 3.63) is 12.2 Å². The predicted octanol–water partition coefficient (Wildman–Crippen LogP) is 14.6. The van der Waals surface area contributed by atoms with Crippen molar-refractivity contribution in [1.82, 2.24) is 5.32 Å². The molecule has 0 bridgehead atoms. The van der Waals surface area contributed by atoms with E-state index in [-0.39, 0.29) is 32.1 Å². The number of carbonyl (C=O) groups excluding carboxylic acids is 2. The highest BCUT2D eigenvalue weighted by atomic mass is 31.2. The number of unbranched alkanes of at least 4 members (excludes halogenated alkanes) is 33. The third-order valence-electron chi connectivity index (χ3n) is 11.2. The van der Waals surface area contributed by atoms with Gasteiger partial charge in [0.2, 0.25) is 5.91 Å². The lowest BCUT2D eigenvalue weighted by Crippen LogP contribution is -2.27. The zero-order chi connectivity index (χ0) is 43.2. The minimum atomic E-state index is -4.42. The number of hydrogen-bond donors (Lipinski definition) is 3. The molecular formula is C49H96NO8P. The number of rotatable bonds is 48. The first-order chi connectivity index (χ1) is 28.8. The third-order valence-corrected chi connectivity index (χ3v) is 12.2. The van der Waals surface area contributed by atoms with Gasteiger partial charge in [-0.15, -0.1) is 0 Å². The van der Waals surface area contributed by atoms with Crippen molar-refractivity contribution in [2.24, 2.45) is 0 Å². The summed E-state index contributed by atoms with van der Waals surface area (Å²) in [5.41, 5.74) is 0. The number of hydrogen-bond acceptors (Lipinski definition) is 7. The Morgan fingerprint density at radius 3 is 1.27 bits per heavy atom. The molecule has 1 amide bonds. The van der Waals surface area contributed by atoms with Gasteiger partial charge in [-0.3, -0.25) is 18.6 Å². The molecule has 0 aromatic heterocycles. The Morgan fingerprint density at radius 1 is 0.508 bits per heavy atom. The summed E-state index contributed by atoms with van der Waals surface area (Å²) in [4.78, 5) is 34.0. The average Bonchev–Trinajstić information content (AvgIpc) is 3.22. The number of allylic oxidation sites excluding steroid dienone is 2. The van der Waals surface area contributed by atoms with Crippen molar-refractivity contribution in [2.75, 3.05) is 26.4 Å². The molecule has 0 aromatic rings. The molecule has 3 N–H and O–H groups in total. The lowest BCUT2D eigenvalue weighted by atomic mass is 10.0. The summed E-state index contributed by atoms with van der Waals surface area (Å²) in [6.45, 7) is 3.60. The van der Waals surface area contributed by atoms with Crippen LogP contribution in [-0.4, -0.2) is 54.3 Å². The third kappa shape index (κ3) is 47.6. The molecule has 0 aliphatic heterocycles. The van der Waals surface area contributed by atoms with E-state index in [1.54, 1.807) is 0 Å². The molecule has 0 saturated carbocycles. The molecular weight excluding hydrogens is 762 g/mol. The SMILES string of the molecule is CCCCCCCC/C=C\CCCCCCCCCC(=O)NCCOP(=O)(O)OCC(O)COC(=O)CCCCCCCCCCCCCCCCCCCCCCC. The summed E-state index contributed by atoms with van der Waals surface area (Å²) in [6, 6.07) is 0. The number of phosphoric acid groups is 1. The first-order valence-electron chi connectivity index (χ1n) is 25.2. The molecule has 59 heavy (non-hydrogen) atoms. The zero-order valence-electron chi connectivity index (χ0n) is 38.7. The van der Waals surface area contributed by atoms with E-state index in [0.29, 0.717) is 6.42 Å². The van der Waals surface area contributed by atoms with Crippen molar-refractivity contribution in [3.63, 3.8) is 0 Å². The highest BCUT2D eigenvalue weighted by Gasteiger charge is 2.23. The van der Waals surface area contributed by atoms with Crippen molar-refractivity contribution >= 4 is 19.7 Å². The minimum Gasteiger partial charge on any atom is -0.463 e. The Bertz CT molecular complexity index is 980. The molecule has 10 heteroatoms. The molecule has 0 spiro atoms. The largest absolute Gasteiger partial charge is 0.472 e. The Balaban J connectivity index is 3.52. The summed E-state index contributed by atoms with van der Waals surface area (Å²) < 4.78 is 27.0. The van der Waals surface area contributed by atoms with Crippen LogP contribution in [0.25, 0.3) is 0 Å². The second kappa shape index (κ2) is 46.3. The topological polar surface area (TPSA) is 131 Å². The Kier molecular flexibility index (Phi) is 45.3. The van der Waals surface area contributed by atoms with Gasteiger partial charge in [0.25, 0.3) is 0 Å². The van der Waals surface area contributed by atoms with Crippen LogP contribution < -0.4 is 5.32 Å². The maximum atomic E-state index is 12.1. The summed E-state index contributed by atoms with van der Waals surface area (Å²) in [5, 5.41) is 12.7. The van der Waals surface area contributed by atoms with Gasteiger partial charge in [-0.05, 0) is 38.5 Å². The van der Waals surface area contributed by atoms with Gasteiger partial charge in [0.1, 0.15) is 12.7 Å². The smallest absolute Gasteiger partial charge is 0.463 e. The van der Waals surface area contributed by atoms with Crippen LogP contribution in [0.1, 0.15) is 258 Å².